The van der Waals surface area contributed by atoms with Crippen LogP contribution in [0.5, 0.6) is 0 Å². The molecular weight excluding hydrogens is 623 g/mol. The van der Waals surface area contributed by atoms with E-state index in [1.807, 2.05) is 18.2 Å². The van der Waals surface area contributed by atoms with Crippen LogP contribution in [0.3, 0.4) is 0 Å². The minimum Gasteiger partial charge on any atom is -0.456 e. The standard InChI is InChI=1S/C48H29NO2/c1-3-12-36-30(10-1)20-21-32-24-27-35(29-41(32)36)49(42-28-33-11-2-4-13-38(33)47-40-15-6-8-18-44(40)51-48(42)47)34-25-22-31(23-26-34)37-16-9-19-45-46(37)39-14-5-7-17-43(39)50-45/h1-29H. The fourth-order valence-electron chi connectivity index (χ4n) is 8.08. The average Bonchev–Trinajstić information content (AvgIpc) is 3.78. The van der Waals surface area contributed by atoms with Crippen molar-refractivity contribution in [2.24, 2.45) is 0 Å². The van der Waals surface area contributed by atoms with Crippen molar-refractivity contribution in [2.45, 2.75) is 0 Å². The molecule has 238 valence electrons. The molecule has 0 spiro atoms. The molecule has 0 bridgehead atoms. The van der Waals surface area contributed by atoms with Crippen LogP contribution in [0, 0.1) is 0 Å². The summed E-state index contributed by atoms with van der Waals surface area (Å²) >= 11 is 0. The second kappa shape index (κ2) is 10.8. The highest BCUT2D eigenvalue weighted by molar-refractivity contribution is 6.23. The molecule has 3 nitrogen and oxygen atoms in total. The van der Waals surface area contributed by atoms with Gasteiger partial charge >= 0.3 is 0 Å². The summed E-state index contributed by atoms with van der Waals surface area (Å²) in [7, 11) is 0. The maximum absolute atomic E-state index is 6.79. The van der Waals surface area contributed by atoms with Gasteiger partial charge in [-0.3, -0.25) is 0 Å². The first-order valence-corrected chi connectivity index (χ1v) is 17.3. The molecule has 0 unspecified atom stereocenters. The lowest BCUT2D eigenvalue weighted by Crippen LogP contribution is -2.10. The molecule has 2 heterocycles. The largest absolute Gasteiger partial charge is 0.456 e. The molecule has 2 aromatic heterocycles. The summed E-state index contributed by atoms with van der Waals surface area (Å²) in [6, 6.07) is 62.6. The van der Waals surface area contributed by atoms with E-state index < -0.39 is 0 Å². The van der Waals surface area contributed by atoms with Crippen molar-refractivity contribution in [3.8, 4) is 11.1 Å². The Bertz CT molecular complexity index is 3150. The number of rotatable bonds is 4. The van der Waals surface area contributed by atoms with Crippen LogP contribution in [0.4, 0.5) is 17.1 Å². The van der Waals surface area contributed by atoms with E-state index >= 15 is 0 Å². The van der Waals surface area contributed by atoms with Crippen LogP contribution >= 0.6 is 0 Å². The van der Waals surface area contributed by atoms with Gasteiger partial charge < -0.3 is 13.7 Å². The van der Waals surface area contributed by atoms with Crippen LogP contribution in [0.2, 0.25) is 0 Å². The highest BCUT2D eigenvalue weighted by atomic mass is 16.3. The first kappa shape index (κ1) is 28.0. The number of hydrogen-bond acceptors (Lipinski definition) is 3. The lowest BCUT2D eigenvalue weighted by molar-refractivity contribution is 0.669. The molecule has 0 aliphatic heterocycles. The van der Waals surface area contributed by atoms with E-state index in [1.165, 1.54) is 26.9 Å². The lowest BCUT2D eigenvalue weighted by atomic mass is 9.98. The third kappa shape index (κ3) is 4.25. The molecule has 0 amide bonds. The highest BCUT2D eigenvalue weighted by Gasteiger charge is 2.22. The summed E-state index contributed by atoms with van der Waals surface area (Å²) in [6.45, 7) is 0. The quantitative estimate of drug-likeness (QED) is 0.177. The minimum absolute atomic E-state index is 0.867. The van der Waals surface area contributed by atoms with Crippen molar-refractivity contribution >= 4 is 93.3 Å². The molecule has 11 rings (SSSR count). The van der Waals surface area contributed by atoms with Crippen molar-refractivity contribution < 1.29 is 8.83 Å². The molecule has 0 aliphatic carbocycles. The second-order valence-electron chi connectivity index (χ2n) is 13.3. The van der Waals surface area contributed by atoms with Crippen LogP contribution < -0.4 is 4.90 Å². The average molecular weight is 652 g/mol. The Kier molecular flexibility index (Phi) is 5.96. The summed E-state index contributed by atoms with van der Waals surface area (Å²) in [4.78, 5) is 2.36. The van der Waals surface area contributed by atoms with Gasteiger partial charge in [0.05, 0.1) is 5.69 Å². The fourth-order valence-corrected chi connectivity index (χ4v) is 8.08. The van der Waals surface area contributed by atoms with Gasteiger partial charge in [0, 0.05) is 32.9 Å². The van der Waals surface area contributed by atoms with E-state index in [9.17, 15) is 0 Å². The Morgan fingerprint density at radius 3 is 1.75 bits per heavy atom. The molecule has 0 radical (unpaired) electrons. The molecule has 9 aromatic carbocycles. The van der Waals surface area contributed by atoms with Crippen molar-refractivity contribution in [1.82, 2.24) is 0 Å². The third-order valence-electron chi connectivity index (χ3n) is 10.4. The summed E-state index contributed by atoms with van der Waals surface area (Å²) in [5.41, 5.74) is 8.92. The lowest BCUT2D eigenvalue weighted by Gasteiger charge is -2.27. The summed E-state index contributed by atoms with van der Waals surface area (Å²) in [6.07, 6.45) is 0. The van der Waals surface area contributed by atoms with E-state index in [0.29, 0.717) is 0 Å². The predicted octanol–water partition coefficient (Wildman–Crippen LogP) is 14.1. The van der Waals surface area contributed by atoms with Crippen molar-refractivity contribution in [1.29, 1.82) is 0 Å². The zero-order valence-corrected chi connectivity index (χ0v) is 27.5. The second-order valence-corrected chi connectivity index (χ2v) is 13.3. The molecule has 11 aromatic rings. The molecule has 0 N–H and O–H groups in total. The van der Waals surface area contributed by atoms with Crippen LogP contribution in [-0.4, -0.2) is 0 Å². The van der Waals surface area contributed by atoms with E-state index in [4.69, 9.17) is 8.83 Å². The number of benzene rings is 9. The smallest absolute Gasteiger partial charge is 0.160 e. The normalized spacial score (nSPS) is 11.9. The van der Waals surface area contributed by atoms with E-state index in [2.05, 4.69) is 163 Å². The van der Waals surface area contributed by atoms with Gasteiger partial charge in [0.15, 0.2) is 5.58 Å². The van der Waals surface area contributed by atoms with Crippen molar-refractivity contribution in [3.63, 3.8) is 0 Å². The van der Waals surface area contributed by atoms with E-state index in [1.54, 1.807) is 0 Å². The minimum atomic E-state index is 0.867. The Labute approximate surface area is 293 Å². The molecule has 3 heteroatoms. The molecule has 0 atom stereocenters. The van der Waals surface area contributed by atoms with Gasteiger partial charge in [-0.15, -0.1) is 0 Å². The molecule has 0 saturated heterocycles. The van der Waals surface area contributed by atoms with Gasteiger partial charge in [-0.25, -0.2) is 0 Å². The van der Waals surface area contributed by atoms with Gasteiger partial charge in [-0.1, -0.05) is 127 Å². The summed E-state index contributed by atoms with van der Waals surface area (Å²) in [5.74, 6) is 0. The van der Waals surface area contributed by atoms with Gasteiger partial charge in [0.2, 0.25) is 0 Å². The summed E-state index contributed by atoms with van der Waals surface area (Å²) in [5, 5.41) is 11.7. The maximum atomic E-state index is 6.79. The number of para-hydroxylation sites is 2. The SMILES string of the molecule is c1ccc2c(c1)ccc1ccc(N(c3ccc(-c4cccc5oc6ccccc6c45)cc3)c3cc4ccccc4c4c3oc3ccccc34)cc12. The van der Waals surface area contributed by atoms with E-state index in [0.717, 1.165) is 77.5 Å². The number of fused-ring (bicyclic) bond motifs is 11. The number of hydrogen-bond donors (Lipinski definition) is 0. The highest BCUT2D eigenvalue weighted by Crippen LogP contribution is 2.47. The first-order valence-electron chi connectivity index (χ1n) is 17.3. The maximum Gasteiger partial charge on any atom is 0.160 e. The topological polar surface area (TPSA) is 29.5 Å². The summed E-state index contributed by atoms with van der Waals surface area (Å²) < 4.78 is 13.0. The monoisotopic (exact) mass is 651 g/mol. The zero-order chi connectivity index (χ0) is 33.5. The van der Waals surface area contributed by atoms with Gasteiger partial charge in [0.25, 0.3) is 0 Å². The van der Waals surface area contributed by atoms with Gasteiger partial charge in [-0.05, 0) is 92.0 Å². The number of furan rings is 2. The molecular formula is C48H29NO2. The number of anilines is 3. The Balaban J connectivity index is 1.18. The van der Waals surface area contributed by atoms with E-state index in [-0.39, 0.29) is 0 Å². The van der Waals surface area contributed by atoms with Gasteiger partial charge in [-0.2, -0.15) is 0 Å². The molecule has 0 fully saturated rings. The fraction of sp³-hybridized carbons (Fsp3) is 0. The Hall–Kier alpha value is -6.84. The Morgan fingerprint density at radius 2 is 0.941 bits per heavy atom. The van der Waals surface area contributed by atoms with Crippen LogP contribution in [0.15, 0.2) is 185 Å². The Morgan fingerprint density at radius 1 is 0.353 bits per heavy atom. The van der Waals surface area contributed by atoms with Crippen molar-refractivity contribution in [2.75, 3.05) is 4.90 Å². The van der Waals surface area contributed by atoms with Gasteiger partial charge in [0.1, 0.15) is 16.7 Å². The van der Waals surface area contributed by atoms with Crippen LogP contribution in [-0.2, 0) is 0 Å². The van der Waals surface area contributed by atoms with Crippen molar-refractivity contribution in [3.05, 3.63) is 176 Å². The molecule has 0 saturated carbocycles. The molecule has 0 aliphatic rings. The molecule has 51 heavy (non-hydrogen) atoms. The predicted molar refractivity (Wildman–Crippen MR) is 214 cm³/mol. The van der Waals surface area contributed by atoms with Crippen LogP contribution in [0.25, 0.3) is 87.3 Å². The number of nitrogens with zero attached hydrogens (tertiary/aromatic N) is 1. The first-order chi connectivity index (χ1) is 25.3. The van der Waals surface area contributed by atoms with Crippen LogP contribution in [0.1, 0.15) is 0 Å². The third-order valence-corrected chi connectivity index (χ3v) is 10.4. The zero-order valence-electron chi connectivity index (χ0n) is 27.5.